The molecule has 1 amide bonds. The number of anilines is 1. The first kappa shape index (κ1) is 17.9. The molecule has 1 heterocycles. The van der Waals surface area contributed by atoms with Gasteiger partial charge in [-0.15, -0.1) is 0 Å². The van der Waals surface area contributed by atoms with Crippen LogP contribution in [0.1, 0.15) is 19.2 Å². The Balaban J connectivity index is 2.11. The number of carbonyl (C=O) groups is 1. The van der Waals surface area contributed by atoms with E-state index in [1.807, 2.05) is 25.9 Å². The summed E-state index contributed by atoms with van der Waals surface area (Å²) >= 11 is 0. The third-order valence-corrected chi connectivity index (χ3v) is 3.39. The first-order valence-electron chi connectivity index (χ1n) is 7.21. The highest BCUT2D eigenvalue weighted by molar-refractivity contribution is 5.94. The van der Waals surface area contributed by atoms with Gasteiger partial charge in [0.05, 0.1) is 6.04 Å². The molecule has 0 aliphatic carbocycles. The molecule has 0 unspecified atom stereocenters. The third-order valence-electron chi connectivity index (χ3n) is 3.39. The molecule has 6 nitrogen and oxygen atoms in total. The highest BCUT2D eigenvalue weighted by Gasteiger charge is 2.38. The number of halogens is 3. The normalized spacial score (nSPS) is 13.1. The van der Waals surface area contributed by atoms with Gasteiger partial charge in [0.2, 0.25) is 11.7 Å². The van der Waals surface area contributed by atoms with Gasteiger partial charge < -0.3 is 9.84 Å². The number of benzene rings is 1. The first-order valence-corrected chi connectivity index (χ1v) is 7.21. The number of alkyl halides is 3. The van der Waals surface area contributed by atoms with E-state index in [1.165, 1.54) is 12.1 Å². The van der Waals surface area contributed by atoms with Crippen molar-refractivity contribution in [1.82, 2.24) is 15.0 Å². The molecule has 0 aliphatic heterocycles. The maximum Gasteiger partial charge on any atom is 0.471 e. The van der Waals surface area contributed by atoms with Crippen molar-refractivity contribution in [2.24, 2.45) is 0 Å². The molecule has 9 heteroatoms. The van der Waals surface area contributed by atoms with E-state index >= 15 is 0 Å². The predicted octanol–water partition coefficient (Wildman–Crippen LogP) is 3.03. The van der Waals surface area contributed by atoms with Gasteiger partial charge in [-0.3, -0.25) is 9.69 Å². The molecule has 2 rings (SSSR count). The Morgan fingerprint density at radius 2 is 1.92 bits per heavy atom. The lowest BCUT2D eigenvalue weighted by atomic mass is 10.1. The Hall–Kier alpha value is -2.42. The number of nitrogens with zero attached hydrogens (tertiary/aromatic N) is 3. The van der Waals surface area contributed by atoms with Crippen molar-refractivity contribution in [3.05, 3.63) is 30.2 Å². The summed E-state index contributed by atoms with van der Waals surface area (Å²) in [5.74, 6) is -1.72. The standard InChI is InChI=1S/C15H17F3N4O2/c1-4-11(22(2)3)13(23)19-10-7-5-9(6-8-10)12-20-14(24-21-12)15(16,17)18/h5-8,11H,4H2,1-3H3,(H,19,23)/t11-/m1/s1. The molecule has 0 radical (unpaired) electrons. The molecule has 130 valence electrons. The molecule has 1 aromatic heterocycles. The third kappa shape index (κ3) is 4.10. The van der Waals surface area contributed by atoms with Gasteiger partial charge in [-0.2, -0.15) is 18.2 Å². The van der Waals surface area contributed by atoms with Crippen LogP contribution in [0.2, 0.25) is 0 Å². The molecular weight excluding hydrogens is 325 g/mol. The first-order chi connectivity index (χ1) is 11.2. The summed E-state index contributed by atoms with van der Waals surface area (Å²) in [6, 6.07) is 5.89. The lowest BCUT2D eigenvalue weighted by molar-refractivity contribution is -0.159. The van der Waals surface area contributed by atoms with E-state index in [9.17, 15) is 18.0 Å². The minimum absolute atomic E-state index is 0.158. The number of amides is 1. The highest BCUT2D eigenvalue weighted by Crippen LogP contribution is 2.29. The molecule has 1 aromatic carbocycles. The quantitative estimate of drug-likeness (QED) is 0.904. The van der Waals surface area contributed by atoms with Crippen LogP contribution >= 0.6 is 0 Å². The smallest absolute Gasteiger partial charge is 0.329 e. The van der Waals surface area contributed by atoms with Gasteiger partial charge in [0.15, 0.2) is 0 Å². The Labute approximate surface area is 136 Å². The fourth-order valence-corrected chi connectivity index (χ4v) is 2.17. The summed E-state index contributed by atoms with van der Waals surface area (Å²) in [5.41, 5.74) is 0.885. The zero-order valence-electron chi connectivity index (χ0n) is 13.4. The number of aromatic nitrogens is 2. The van der Waals surface area contributed by atoms with E-state index in [0.717, 1.165) is 0 Å². The Bertz CT molecular complexity index is 695. The van der Waals surface area contributed by atoms with Crippen LogP contribution in [0, 0.1) is 0 Å². The predicted molar refractivity (Wildman–Crippen MR) is 81.1 cm³/mol. The van der Waals surface area contributed by atoms with Crippen LogP contribution in [0.25, 0.3) is 11.4 Å². The number of likely N-dealkylation sites (N-methyl/N-ethyl adjacent to an activating group) is 1. The fourth-order valence-electron chi connectivity index (χ4n) is 2.17. The van der Waals surface area contributed by atoms with Crippen LogP contribution in [-0.4, -0.2) is 41.1 Å². The van der Waals surface area contributed by atoms with E-state index in [4.69, 9.17) is 0 Å². The lowest BCUT2D eigenvalue weighted by Crippen LogP contribution is -2.39. The molecule has 0 saturated heterocycles. The Kier molecular flexibility index (Phi) is 5.23. The van der Waals surface area contributed by atoms with Crippen LogP contribution in [0.4, 0.5) is 18.9 Å². The van der Waals surface area contributed by atoms with E-state index in [1.54, 1.807) is 12.1 Å². The van der Waals surface area contributed by atoms with Crippen molar-refractivity contribution in [3.63, 3.8) is 0 Å². The summed E-state index contributed by atoms with van der Waals surface area (Å²) in [5, 5.41) is 6.07. The van der Waals surface area contributed by atoms with Crippen LogP contribution < -0.4 is 5.32 Å². The zero-order chi connectivity index (χ0) is 17.9. The monoisotopic (exact) mass is 342 g/mol. The number of carbonyl (C=O) groups excluding carboxylic acids is 1. The van der Waals surface area contributed by atoms with Gasteiger partial charge in [-0.1, -0.05) is 12.1 Å². The van der Waals surface area contributed by atoms with Crippen LogP contribution in [-0.2, 0) is 11.0 Å². The molecular formula is C15H17F3N4O2. The topological polar surface area (TPSA) is 71.3 Å². The van der Waals surface area contributed by atoms with Crippen molar-refractivity contribution < 1.29 is 22.5 Å². The summed E-state index contributed by atoms with van der Waals surface area (Å²) < 4.78 is 41.5. The fraction of sp³-hybridized carbons (Fsp3) is 0.400. The van der Waals surface area contributed by atoms with Gasteiger partial charge in [0.1, 0.15) is 0 Å². The molecule has 0 aliphatic rings. The molecule has 0 spiro atoms. The lowest BCUT2D eigenvalue weighted by Gasteiger charge is -2.21. The second-order valence-electron chi connectivity index (χ2n) is 5.38. The van der Waals surface area contributed by atoms with E-state index in [0.29, 0.717) is 17.7 Å². The molecule has 2 aromatic rings. The number of hydrogen-bond acceptors (Lipinski definition) is 5. The van der Waals surface area contributed by atoms with E-state index in [2.05, 4.69) is 20.0 Å². The van der Waals surface area contributed by atoms with Crippen molar-refractivity contribution in [1.29, 1.82) is 0 Å². The summed E-state index contributed by atoms with van der Waals surface area (Å²) in [4.78, 5) is 17.3. The summed E-state index contributed by atoms with van der Waals surface area (Å²) in [6.45, 7) is 1.90. The Morgan fingerprint density at radius 3 is 2.38 bits per heavy atom. The van der Waals surface area contributed by atoms with E-state index < -0.39 is 12.1 Å². The average molecular weight is 342 g/mol. The largest absolute Gasteiger partial charge is 0.471 e. The van der Waals surface area contributed by atoms with Gasteiger partial charge >= 0.3 is 12.1 Å². The zero-order valence-corrected chi connectivity index (χ0v) is 13.4. The van der Waals surface area contributed by atoms with Gasteiger partial charge in [0.25, 0.3) is 0 Å². The minimum Gasteiger partial charge on any atom is -0.329 e. The number of nitrogens with one attached hydrogen (secondary N) is 1. The second kappa shape index (κ2) is 7.00. The summed E-state index contributed by atoms with van der Waals surface area (Å²) in [6.07, 6.45) is -4.03. The van der Waals surface area contributed by atoms with Crippen LogP contribution in [0.15, 0.2) is 28.8 Å². The number of rotatable bonds is 5. The summed E-state index contributed by atoms with van der Waals surface area (Å²) in [7, 11) is 3.62. The molecule has 24 heavy (non-hydrogen) atoms. The molecule has 0 saturated carbocycles. The SMILES string of the molecule is CC[C@H](C(=O)Nc1ccc(-c2noc(C(F)(F)F)n2)cc1)N(C)C. The van der Waals surface area contributed by atoms with Crippen LogP contribution in [0.5, 0.6) is 0 Å². The molecule has 1 N–H and O–H groups in total. The van der Waals surface area contributed by atoms with Gasteiger partial charge in [0, 0.05) is 11.3 Å². The molecule has 0 bridgehead atoms. The molecule has 0 fully saturated rings. The van der Waals surface area contributed by atoms with Crippen molar-refractivity contribution in [2.45, 2.75) is 25.6 Å². The van der Waals surface area contributed by atoms with Crippen molar-refractivity contribution >= 4 is 11.6 Å². The van der Waals surface area contributed by atoms with Crippen LogP contribution in [0.3, 0.4) is 0 Å². The van der Waals surface area contributed by atoms with Crippen molar-refractivity contribution in [3.8, 4) is 11.4 Å². The maximum absolute atomic E-state index is 12.5. The van der Waals surface area contributed by atoms with Crippen molar-refractivity contribution in [2.75, 3.05) is 19.4 Å². The molecule has 1 atom stereocenters. The van der Waals surface area contributed by atoms with Gasteiger partial charge in [-0.05, 0) is 44.8 Å². The van der Waals surface area contributed by atoms with E-state index in [-0.39, 0.29) is 17.8 Å². The second-order valence-corrected chi connectivity index (χ2v) is 5.38. The minimum atomic E-state index is -4.68. The maximum atomic E-state index is 12.5. The Morgan fingerprint density at radius 1 is 1.29 bits per heavy atom. The highest BCUT2D eigenvalue weighted by atomic mass is 19.4. The number of hydrogen-bond donors (Lipinski definition) is 1. The van der Waals surface area contributed by atoms with Gasteiger partial charge in [-0.25, -0.2) is 0 Å². The average Bonchev–Trinajstić information content (AvgIpc) is 2.98.